The highest BCUT2D eigenvalue weighted by Gasteiger charge is 2.23. The SMILES string of the molecule is CCCCCCCCCCCCCCC/C=C/CC/C=C/CC/C=C/C(O)C(COP(=O)([O-])OCC[N+](C)(C)C)NC(=O)CCCCCCCCCCCCCCCCCCCCCCCCCCCC. The van der Waals surface area contributed by atoms with E-state index in [0.29, 0.717) is 17.4 Å². The molecule has 0 aliphatic rings. The van der Waals surface area contributed by atoms with Gasteiger partial charge in [0.05, 0.1) is 39.9 Å². The minimum absolute atomic E-state index is 0.00726. The minimum atomic E-state index is -4.61. The molecule has 0 aromatic heterocycles. The number of allylic oxidation sites excluding steroid dienone is 5. The van der Waals surface area contributed by atoms with Gasteiger partial charge in [-0.25, -0.2) is 0 Å². The van der Waals surface area contributed by atoms with Crippen LogP contribution >= 0.6 is 7.82 Å². The van der Waals surface area contributed by atoms with Crippen LogP contribution in [0, 0.1) is 0 Å². The second-order valence-electron chi connectivity index (χ2n) is 22.4. The van der Waals surface area contributed by atoms with E-state index in [-0.39, 0.29) is 12.5 Å². The van der Waals surface area contributed by atoms with Gasteiger partial charge in [0, 0.05) is 6.42 Å². The average molecular weight is 1020 g/mol. The van der Waals surface area contributed by atoms with E-state index in [0.717, 1.165) is 44.9 Å². The maximum atomic E-state index is 13.0. The lowest BCUT2D eigenvalue weighted by Crippen LogP contribution is -2.45. The lowest BCUT2D eigenvalue weighted by molar-refractivity contribution is -0.870. The Kier molecular flexibility index (Phi) is 52.6. The Morgan fingerprint density at radius 2 is 0.789 bits per heavy atom. The third-order valence-electron chi connectivity index (χ3n) is 14.1. The van der Waals surface area contributed by atoms with Crippen molar-refractivity contribution in [3.8, 4) is 0 Å². The number of amides is 1. The predicted molar refractivity (Wildman–Crippen MR) is 307 cm³/mol. The topological polar surface area (TPSA) is 108 Å². The number of unbranched alkanes of at least 4 members (excludes halogenated alkanes) is 40. The van der Waals surface area contributed by atoms with E-state index < -0.39 is 26.6 Å². The van der Waals surface area contributed by atoms with E-state index in [1.54, 1.807) is 6.08 Å². The number of carbonyl (C=O) groups excluding carboxylic acids is 1. The van der Waals surface area contributed by atoms with Crippen molar-refractivity contribution in [1.82, 2.24) is 5.32 Å². The van der Waals surface area contributed by atoms with Crippen molar-refractivity contribution in [2.24, 2.45) is 0 Å². The van der Waals surface area contributed by atoms with Gasteiger partial charge in [-0.15, -0.1) is 0 Å². The zero-order valence-electron chi connectivity index (χ0n) is 47.9. The lowest BCUT2D eigenvalue weighted by atomic mass is 10.0. The van der Waals surface area contributed by atoms with Crippen LogP contribution in [0.3, 0.4) is 0 Å². The van der Waals surface area contributed by atoms with Crippen molar-refractivity contribution >= 4 is 13.7 Å². The van der Waals surface area contributed by atoms with E-state index in [1.165, 1.54) is 238 Å². The molecular formula is C62H121N2O6P. The zero-order valence-corrected chi connectivity index (χ0v) is 48.8. The van der Waals surface area contributed by atoms with Gasteiger partial charge < -0.3 is 28.8 Å². The van der Waals surface area contributed by atoms with E-state index in [4.69, 9.17) is 9.05 Å². The number of hydrogen-bond donors (Lipinski definition) is 2. The summed E-state index contributed by atoms with van der Waals surface area (Å²) < 4.78 is 23.4. The van der Waals surface area contributed by atoms with Crippen molar-refractivity contribution in [1.29, 1.82) is 0 Å². The summed E-state index contributed by atoms with van der Waals surface area (Å²) in [5, 5.41) is 13.9. The van der Waals surface area contributed by atoms with E-state index in [9.17, 15) is 19.4 Å². The van der Waals surface area contributed by atoms with Gasteiger partial charge in [-0.1, -0.05) is 288 Å². The first-order valence-corrected chi connectivity index (χ1v) is 32.3. The number of phosphoric acid groups is 1. The molecule has 0 aromatic carbocycles. The fraction of sp³-hybridized carbons (Fsp3) is 0.887. The number of quaternary nitrogens is 1. The molecule has 9 heteroatoms. The first kappa shape index (κ1) is 69.7. The first-order chi connectivity index (χ1) is 34.5. The third kappa shape index (κ3) is 56.3. The number of nitrogens with one attached hydrogen (secondary N) is 1. The molecule has 3 atom stereocenters. The number of aliphatic hydroxyl groups is 1. The highest BCUT2D eigenvalue weighted by molar-refractivity contribution is 7.45. The molecule has 8 nitrogen and oxygen atoms in total. The van der Waals surface area contributed by atoms with Gasteiger partial charge in [0.1, 0.15) is 13.2 Å². The number of hydrogen-bond acceptors (Lipinski definition) is 6. The van der Waals surface area contributed by atoms with Gasteiger partial charge in [-0.2, -0.15) is 0 Å². The van der Waals surface area contributed by atoms with Crippen LogP contribution < -0.4 is 10.2 Å². The Balaban J connectivity index is 4.20. The first-order valence-electron chi connectivity index (χ1n) is 30.9. The molecule has 0 saturated carbocycles. The summed E-state index contributed by atoms with van der Waals surface area (Å²) in [5.74, 6) is -0.205. The summed E-state index contributed by atoms with van der Waals surface area (Å²) in [6.07, 6.45) is 69.6. The largest absolute Gasteiger partial charge is 0.756 e. The third-order valence-corrected chi connectivity index (χ3v) is 15.0. The number of carbonyl (C=O) groups is 1. The standard InChI is InChI=1S/C62H121N2O6P/c1-6-8-10-12-14-16-18-20-22-24-26-28-30-31-32-34-36-38-40-42-44-46-48-50-52-54-56-62(66)63-60(59-70-71(67,68)69-58-57-64(3,4)5)61(65)55-53-51-49-47-45-43-41-39-37-35-33-29-27-25-23-21-19-17-15-13-11-9-7-2/h37,39,45,47,53,55,60-61,65H,6-36,38,40-44,46,48-52,54,56-59H2,1-5H3,(H-,63,66,67,68)/b39-37+,47-45+,55-53+. The zero-order chi connectivity index (χ0) is 52.0. The monoisotopic (exact) mass is 1020 g/mol. The molecule has 0 aliphatic heterocycles. The molecule has 1 amide bonds. The van der Waals surface area contributed by atoms with Crippen LogP contribution in [0.2, 0.25) is 0 Å². The van der Waals surface area contributed by atoms with Crippen molar-refractivity contribution in [2.45, 2.75) is 315 Å². The van der Waals surface area contributed by atoms with Crippen molar-refractivity contribution < 1.29 is 32.9 Å². The minimum Gasteiger partial charge on any atom is -0.756 e. The van der Waals surface area contributed by atoms with Crippen LogP contribution in [-0.4, -0.2) is 68.5 Å². The van der Waals surface area contributed by atoms with Gasteiger partial charge in [0.25, 0.3) is 7.82 Å². The molecule has 0 rings (SSSR count). The Morgan fingerprint density at radius 3 is 1.14 bits per heavy atom. The second-order valence-corrected chi connectivity index (χ2v) is 23.8. The molecule has 3 unspecified atom stereocenters. The Bertz CT molecular complexity index is 1250. The summed E-state index contributed by atoms with van der Waals surface area (Å²) in [5.41, 5.74) is 0. The molecule has 0 saturated heterocycles. The number of phosphoric ester groups is 1. The summed E-state index contributed by atoms with van der Waals surface area (Å²) in [6.45, 7) is 4.67. The van der Waals surface area contributed by atoms with E-state index in [1.807, 2.05) is 27.2 Å². The molecule has 0 spiro atoms. The van der Waals surface area contributed by atoms with Crippen LogP contribution in [-0.2, 0) is 18.4 Å². The van der Waals surface area contributed by atoms with Crippen LogP contribution in [0.15, 0.2) is 36.5 Å². The summed E-state index contributed by atoms with van der Waals surface area (Å²) in [4.78, 5) is 25.5. The fourth-order valence-electron chi connectivity index (χ4n) is 9.25. The van der Waals surface area contributed by atoms with Gasteiger partial charge >= 0.3 is 0 Å². The van der Waals surface area contributed by atoms with Crippen LogP contribution in [0.25, 0.3) is 0 Å². The van der Waals surface area contributed by atoms with Crippen molar-refractivity contribution in [3.05, 3.63) is 36.5 Å². The Morgan fingerprint density at radius 1 is 0.479 bits per heavy atom. The summed E-state index contributed by atoms with van der Waals surface area (Å²) in [6, 6.07) is -0.908. The second kappa shape index (κ2) is 53.5. The molecule has 0 bridgehead atoms. The van der Waals surface area contributed by atoms with Gasteiger partial charge in [-0.05, 0) is 44.9 Å². The molecule has 0 radical (unpaired) electrons. The maximum Gasteiger partial charge on any atom is 0.268 e. The summed E-state index contributed by atoms with van der Waals surface area (Å²) in [7, 11) is 1.25. The number of aliphatic hydroxyl groups excluding tert-OH is 1. The van der Waals surface area contributed by atoms with Gasteiger partial charge in [-0.3, -0.25) is 9.36 Å². The maximum absolute atomic E-state index is 13.0. The van der Waals surface area contributed by atoms with Gasteiger partial charge in [0.15, 0.2) is 0 Å². The van der Waals surface area contributed by atoms with Crippen molar-refractivity contribution in [2.75, 3.05) is 40.9 Å². The Labute approximate surface area is 442 Å². The highest BCUT2D eigenvalue weighted by Crippen LogP contribution is 2.38. The quantitative estimate of drug-likeness (QED) is 0.0272. The normalized spacial score (nSPS) is 14.1. The molecule has 2 N–H and O–H groups in total. The van der Waals surface area contributed by atoms with Crippen LogP contribution in [0.5, 0.6) is 0 Å². The highest BCUT2D eigenvalue weighted by atomic mass is 31.2. The Hall–Kier alpha value is -1.28. The lowest BCUT2D eigenvalue weighted by Gasteiger charge is -2.29. The van der Waals surface area contributed by atoms with E-state index in [2.05, 4.69) is 43.5 Å². The smallest absolute Gasteiger partial charge is 0.268 e. The molecule has 0 fully saturated rings. The molecule has 0 heterocycles. The summed E-state index contributed by atoms with van der Waals surface area (Å²) >= 11 is 0. The van der Waals surface area contributed by atoms with Crippen LogP contribution in [0.4, 0.5) is 0 Å². The predicted octanol–water partition coefficient (Wildman–Crippen LogP) is 18.3. The number of nitrogens with zero attached hydrogens (tertiary/aromatic N) is 1. The van der Waals surface area contributed by atoms with Crippen molar-refractivity contribution in [3.63, 3.8) is 0 Å². The molecular weight excluding hydrogens is 900 g/mol. The average Bonchev–Trinajstić information content (AvgIpc) is 3.33. The number of rotatable bonds is 57. The molecule has 420 valence electrons. The van der Waals surface area contributed by atoms with Gasteiger partial charge in [0.2, 0.25) is 5.91 Å². The fourth-order valence-corrected chi connectivity index (χ4v) is 9.97. The molecule has 71 heavy (non-hydrogen) atoms. The number of likely N-dealkylation sites (N-methyl/N-ethyl adjacent to an activating group) is 1. The van der Waals surface area contributed by atoms with E-state index >= 15 is 0 Å². The van der Waals surface area contributed by atoms with Crippen LogP contribution in [0.1, 0.15) is 303 Å². The molecule has 0 aromatic rings. The molecule has 0 aliphatic carbocycles.